The molecular weight excluding hydrogens is 432 g/mol. The van der Waals surface area contributed by atoms with Crippen molar-refractivity contribution in [2.24, 2.45) is 23.7 Å². The summed E-state index contributed by atoms with van der Waals surface area (Å²) in [6.45, 7) is 8.44. The number of anilines is 1. The number of esters is 1. The van der Waals surface area contributed by atoms with E-state index < -0.39 is 17.9 Å². The number of aryl methyl sites for hydroxylation is 2. The van der Waals surface area contributed by atoms with E-state index in [0.717, 1.165) is 42.5 Å². The molecule has 0 spiro atoms. The SMILES string of the molecule is CCOC(=O)[C@H]1[C@@H]2C(=O)N(CCCCCCO)[C@H](C(=O)Nc3cc(C)ccc3C)[C@H]2C=C[C@H]1C. The molecule has 0 aromatic heterocycles. The van der Waals surface area contributed by atoms with Gasteiger partial charge in [0.2, 0.25) is 11.8 Å². The number of aliphatic hydroxyl groups is 1. The van der Waals surface area contributed by atoms with Crippen LogP contribution in [0, 0.1) is 37.5 Å². The number of rotatable bonds is 10. The van der Waals surface area contributed by atoms with Gasteiger partial charge in [-0.3, -0.25) is 14.4 Å². The molecule has 1 aliphatic carbocycles. The van der Waals surface area contributed by atoms with Crippen molar-refractivity contribution in [1.82, 2.24) is 4.90 Å². The largest absolute Gasteiger partial charge is 0.466 e. The Morgan fingerprint density at radius 1 is 1.12 bits per heavy atom. The molecule has 1 saturated heterocycles. The van der Waals surface area contributed by atoms with E-state index in [1.54, 1.807) is 11.8 Å². The fourth-order valence-corrected chi connectivity index (χ4v) is 5.26. The number of hydrogen-bond acceptors (Lipinski definition) is 5. The summed E-state index contributed by atoms with van der Waals surface area (Å²) in [5, 5.41) is 12.1. The zero-order valence-electron chi connectivity index (χ0n) is 20.8. The number of nitrogens with zero attached hydrogens (tertiary/aromatic N) is 1. The fourth-order valence-electron chi connectivity index (χ4n) is 5.26. The number of fused-ring (bicyclic) bond motifs is 1. The molecule has 0 radical (unpaired) electrons. The first-order valence-corrected chi connectivity index (χ1v) is 12.4. The maximum atomic E-state index is 13.7. The summed E-state index contributed by atoms with van der Waals surface area (Å²) in [5.41, 5.74) is 2.72. The standard InChI is InChI=1S/C27H38N2O5/c1-5-34-27(33)22-19(4)12-13-20-23(22)26(32)29(14-8-6-7-9-15-30)24(20)25(31)28-21-16-17(2)10-11-18(21)3/h10-13,16,19-20,22-24,30H,5-9,14-15H2,1-4H3,(H,28,31)/t19-,20+,22-,23-,24+/m1/s1. The van der Waals surface area contributed by atoms with Crippen molar-refractivity contribution >= 4 is 23.5 Å². The Kier molecular flexibility index (Phi) is 8.89. The van der Waals surface area contributed by atoms with Crippen LogP contribution in [0.4, 0.5) is 5.69 Å². The molecule has 1 aliphatic heterocycles. The van der Waals surface area contributed by atoms with Crippen LogP contribution in [0.2, 0.25) is 0 Å². The van der Waals surface area contributed by atoms with Gasteiger partial charge in [0.25, 0.3) is 0 Å². The maximum Gasteiger partial charge on any atom is 0.310 e. The first-order valence-electron chi connectivity index (χ1n) is 12.4. The van der Waals surface area contributed by atoms with Gasteiger partial charge >= 0.3 is 5.97 Å². The van der Waals surface area contributed by atoms with E-state index in [4.69, 9.17) is 9.84 Å². The Morgan fingerprint density at radius 3 is 2.56 bits per heavy atom. The van der Waals surface area contributed by atoms with Crippen molar-refractivity contribution in [3.8, 4) is 0 Å². The number of carbonyl (C=O) groups excluding carboxylic acids is 3. The lowest BCUT2D eigenvalue weighted by atomic mass is 9.70. The van der Waals surface area contributed by atoms with Crippen LogP contribution in [0.15, 0.2) is 30.4 Å². The number of carbonyl (C=O) groups is 3. The molecule has 3 rings (SSSR count). The minimum absolute atomic E-state index is 0.142. The highest BCUT2D eigenvalue weighted by Gasteiger charge is 2.56. The van der Waals surface area contributed by atoms with Crippen molar-refractivity contribution in [2.75, 3.05) is 25.1 Å². The summed E-state index contributed by atoms with van der Waals surface area (Å²) >= 11 is 0. The van der Waals surface area contributed by atoms with E-state index in [9.17, 15) is 14.4 Å². The highest BCUT2D eigenvalue weighted by Crippen LogP contribution is 2.44. The monoisotopic (exact) mass is 470 g/mol. The third-order valence-corrected chi connectivity index (χ3v) is 7.06. The number of hydrogen-bond donors (Lipinski definition) is 2. The molecule has 0 bridgehead atoms. The van der Waals surface area contributed by atoms with Gasteiger partial charge in [0.05, 0.1) is 18.4 Å². The number of benzene rings is 1. The minimum atomic E-state index is -0.684. The average Bonchev–Trinajstić information content (AvgIpc) is 3.08. The summed E-state index contributed by atoms with van der Waals surface area (Å²) in [7, 11) is 0. The topological polar surface area (TPSA) is 95.9 Å². The van der Waals surface area contributed by atoms with Gasteiger partial charge in [-0.2, -0.15) is 0 Å². The summed E-state index contributed by atoms with van der Waals surface area (Å²) in [6, 6.07) is 5.20. The van der Waals surface area contributed by atoms with Gasteiger partial charge in [-0.25, -0.2) is 0 Å². The van der Waals surface area contributed by atoms with Crippen LogP contribution < -0.4 is 5.32 Å². The predicted molar refractivity (Wildman–Crippen MR) is 131 cm³/mol. The van der Waals surface area contributed by atoms with E-state index in [2.05, 4.69) is 5.32 Å². The number of unbranched alkanes of at least 4 members (excludes halogenated alkanes) is 3. The smallest absolute Gasteiger partial charge is 0.310 e. The first-order chi connectivity index (χ1) is 16.3. The maximum absolute atomic E-state index is 13.7. The van der Waals surface area contributed by atoms with E-state index in [1.807, 2.05) is 51.1 Å². The Labute approximate surface area is 202 Å². The van der Waals surface area contributed by atoms with E-state index in [1.165, 1.54) is 0 Å². The van der Waals surface area contributed by atoms with Gasteiger partial charge in [-0.1, -0.05) is 44.1 Å². The number of likely N-dealkylation sites (tertiary alicyclic amines) is 1. The summed E-state index contributed by atoms with van der Waals surface area (Å²) in [6.07, 6.45) is 7.08. The average molecular weight is 471 g/mol. The van der Waals surface area contributed by atoms with E-state index >= 15 is 0 Å². The molecule has 2 aliphatic rings. The Morgan fingerprint density at radius 2 is 1.85 bits per heavy atom. The minimum Gasteiger partial charge on any atom is -0.466 e. The highest BCUT2D eigenvalue weighted by atomic mass is 16.5. The van der Waals surface area contributed by atoms with Crippen molar-refractivity contribution in [3.05, 3.63) is 41.5 Å². The summed E-state index contributed by atoms with van der Waals surface area (Å²) in [4.78, 5) is 41.8. The number of amides is 2. The van der Waals surface area contributed by atoms with Crippen LogP contribution >= 0.6 is 0 Å². The van der Waals surface area contributed by atoms with Crippen LogP contribution in [-0.2, 0) is 19.1 Å². The normalized spacial score (nSPS) is 25.9. The van der Waals surface area contributed by atoms with Gasteiger partial charge < -0.3 is 20.1 Å². The molecule has 5 atom stereocenters. The third-order valence-electron chi connectivity index (χ3n) is 7.06. The van der Waals surface area contributed by atoms with Crippen LogP contribution in [0.3, 0.4) is 0 Å². The zero-order chi connectivity index (χ0) is 24.8. The first kappa shape index (κ1) is 25.9. The Hall–Kier alpha value is -2.67. The molecular formula is C27H38N2O5. The number of aliphatic hydroxyl groups excluding tert-OH is 1. The number of allylic oxidation sites excluding steroid dienone is 1. The third kappa shape index (κ3) is 5.52. The number of nitrogens with one attached hydrogen (secondary N) is 1. The van der Waals surface area contributed by atoms with Crippen LogP contribution in [0.1, 0.15) is 50.7 Å². The lowest BCUT2D eigenvalue weighted by Gasteiger charge is -2.32. The van der Waals surface area contributed by atoms with Crippen molar-refractivity contribution in [1.29, 1.82) is 0 Å². The molecule has 34 heavy (non-hydrogen) atoms. The zero-order valence-corrected chi connectivity index (χ0v) is 20.8. The molecule has 0 saturated carbocycles. The molecule has 1 fully saturated rings. The molecule has 2 N–H and O–H groups in total. The van der Waals surface area contributed by atoms with Crippen LogP contribution in [0.25, 0.3) is 0 Å². The molecule has 1 aromatic rings. The van der Waals surface area contributed by atoms with Gasteiger partial charge in [-0.15, -0.1) is 0 Å². The van der Waals surface area contributed by atoms with E-state index in [0.29, 0.717) is 6.54 Å². The molecule has 186 valence electrons. The fraction of sp³-hybridized carbons (Fsp3) is 0.593. The molecule has 1 aromatic carbocycles. The van der Waals surface area contributed by atoms with Gasteiger partial charge in [0, 0.05) is 24.8 Å². The predicted octanol–water partition coefficient (Wildman–Crippen LogP) is 3.62. The Bertz CT molecular complexity index is 928. The summed E-state index contributed by atoms with van der Waals surface area (Å²) in [5.74, 6) is -2.49. The van der Waals surface area contributed by atoms with Crippen LogP contribution in [0.5, 0.6) is 0 Å². The van der Waals surface area contributed by atoms with Crippen molar-refractivity contribution in [2.45, 2.75) is 59.4 Å². The molecule has 7 nitrogen and oxygen atoms in total. The molecule has 7 heteroatoms. The lowest BCUT2D eigenvalue weighted by molar-refractivity contribution is -0.155. The second-order valence-electron chi connectivity index (χ2n) is 9.55. The second-order valence-corrected chi connectivity index (χ2v) is 9.55. The molecule has 1 heterocycles. The van der Waals surface area contributed by atoms with Gasteiger partial charge in [-0.05, 0) is 56.7 Å². The van der Waals surface area contributed by atoms with Gasteiger partial charge in [0.15, 0.2) is 0 Å². The van der Waals surface area contributed by atoms with E-state index in [-0.39, 0.29) is 42.8 Å². The van der Waals surface area contributed by atoms with Crippen molar-refractivity contribution < 1.29 is 24.2 Å². The number of ether oxygens (including phenoxy) is 1. The quantitative estimate of drug-likeness (QED) is 0.309. The summed E-state index contributed by atoms with van der Waals surface area (Å²) < 4.78 is 5.32. The van der Waals surface area contributed by atoms with Crippen LogP contribution in [-0.4, -0.2) is 53.6 Å². The lowest BCUT2D eigenvalue weighted by Crippen LogP contribution is -2.44. The van der Waals surface area contributed by atoms with Gasteiger partial charge in [0.1, 0.15) is 6.04 Å². The second kappa shape index (κ2) is 11.6. The highest BCUT2D eigenvalue weighted by molar-refractivity contribution is 6.02. The molecule has 2 amide bonds. The van der Waals surface area contributed by atoms with Crippen molar-refractivity contribution in [3.63, 3.8) is 0 Å². The Balaban J connectivity index is 1.90. The molecule has 0 unspecified atom stereocenters.